The molecule has 1 aliphatic heterocycles. The zero-order valence-corrected chi connectivity index (χ0v) is 26.7. The van der Waals surface area contributed by atoms with E-state index in [0.29, 0.717) is 55.8 Å². The van der Waals surface area contributed by atoms with E-state index >= 15 is 0 Å². The van der Waals surface area contributed by atoms with Gasteiger partial charge in [0.1, 0.15) is 30.1 Å². The smallest absolute Gasteiger partial charge is 0.272 e. The van der Waals surface area contributed by atoms with E-state index in [1.165, 1.54) is 24.9 Å². The van der Waals surface area contributed by atoms with Crippen molar-refractivity contribution in [3.05, 3.63) is 78.1 Å². The van der Waals surface area contributed by atoms with Crippen molar-refractivity contribution in [3.63, 3.8) is 0 Å². The molecule has 0 bridgehead atoms. The first kappa shape index (κ1) is 29.2. The van der Waals surface area contributed by atoms with Crippen molar-refractivity contribution in [2.24, 2.45) is 0 Å². The van der Waals surface area contributed by atoms with Crippen LogP contribution in [0.5, 0.6) is 5.75 Å². The first-order valence-electron chi connectivity index (χ1n) is 15.1. The summed E-state index contributed by atoms with van der Waals surface area (Å²) >= 11 is 0. The van der Waals surface area contributed by atoms with Gasteiger partial charge in [0.2, 0.25) is 0 Å². The van der Waals surface area contributed by atoms with Gasteiger partial charge in [-0.2, -0.15) is 5.10 Å². The number of amides is 1. The molecule has 0 N–H and O–H groups in total. The van der Waals surface area contributed by atoms with Crippen LogP contribution in [0, 0.1) is 0 Å². The molecule has 4 aromatic rings. The second-order valence-electron chi connectivity index (χ2n) is 13.0. The Bertz CT molecular complexity index is 1580. The minimum Gasteiger partial charge on any atom is -0.489 e. The molecule has 1 aromatic carbocycles. The summed E-state index contributed by atoms with van der Waals surface area (Å²) in [5.74, 6) is 1.34. The zero-order chi connectivity index (χ0) is 30.2. The van der Waals surface area contributed by atoms with Crippen LogP contribution in [0.1, 0.15) is 61.3 Å². The maximum Gasteiger partial charge on any atom is 0.272 e. The summed E-state index contributed by atoms with van der Waals surface area (Å²) < 4.78 is 14.3. The largest absolute Gasteiger partial charge is 0.489 e. The van der Waals surface area contributed by atoms with Crippen molar-refractivity contribution in [2.75, 3.05) is 19.7 Å². The van der Waals surface area contributed by atoms with Gasteiger partial charge in [0, 0.05) is 48.2 Å². The van der Waals surface area contributed by atoms with Crippen LogP contribution in [-0.2, 0) is 17.6 Å². The van der Waals surface area contributed by atoms with Gasteiger partial charge in [-0.05, 0) is 60.8 Å². The molecule has 2 aliphatic rings. The van der Waals surface area contributed by atoms with E-state index in [2.05, 4.69) is 60.9 Å². The Morgan fingerprint density at radius 2 is 1.79 bits per heavy atom. The monoisotopic (exact) mass is 596 g/mol. The lowest BCUT2D eigenvalue weighted by atomic mass is 9.99. The van der Waals surface area contributed by atoms with Crippen LogP contribution in [0.25, 0.3) is 22.5 Å². The predicted octanol–water partition coefficient (Wildman–Crippen LogP) is 6.34. The van der Waals surface area contributed by atoms with Gasteiger partial charge in [0.15, 0.2) is 8.32 Å². The van der Waals surface area contributed by atoms with E-state index in [1.54, 1.807) is 6.20 Å². The number of nitrogens with zero attached hydrogens (tertiary/aromatic N) is 6. The van der Waals surface area contributed by atoms with E-state index in [9.17, 15) is 4.79 Å². The molecule has 3 aromatic heterocycles. The Morgan fingerprint density at radius 3 is 2.44 bits per heavy atom. The average molecular weight is 597 g/mol. The Balaban J connectivity index is 1.23. The molecule has 10 heteroatoms. The third-order valence-corrected chi connectivity index (χ3v) is 13.4. The first-order valence-corrected chi connectivity index (χ1v) is 18.0. The molecule has 6 rings (SSSR count). The number of carbonyl (C=O) groups excluding carboxylic acids is 1. The minimum absolute atomic E-state index is 0.0460. The van der Waals surface area contributed by atoms with Crippen LogP contribution in [0.3, 0.4) is 0 Å². The van der Waals surface area contributed by atoms with E-state index in [1.807, 2.05) is 46.1 Å². The Morgan fingerprint density at radius 1 is 1.00 bits per heavy atom. The highest BCUT2D eigenvalue weighted by atomic mass is 28.4. The number of fused-ring (bicyclic) bond motifs is 1. The van der Waals surface area contributed by atoms with Gasteiger partial charge >= 0.3 is 0 Å². The van der Waals surface area contributed by atoms with E-state index in [4.69, 9.17) is 14.3 Å². The third kappa shape index (κ3) is 6.26. The minimum atomic E-state index is -1.91. The molecule has 1 saturated carbocycles. The molecular weight excluding hydrogens is 556 g/mol. The Labute approximate surface area is 254 Å². The van der Waals surface area contributed by atoms with Crippen molar-refractivity contribution >= 4 is 14.2 Å². The van der Waals surface area contributed by atoms with Crippen LogP contribution in [0.2, 0.25) is 18.1 Å². The Kier molecular flexibility index (Phi) is 7.91. The summed E-state index contributed by atoms with van der Waals surface area (Å²) in [7, 11) is -1.91. The van der Waals surface area contributed by atoms with Crippen molar-refractivity contribution in [1.82, 2.24) is 29.6 Å². The average Bonchev–Trinajstić information content (AvgIpc) is 3.77. The number of carbonyl (C=O) groups is 1. The highest BCUT2D eigenvalue weighted by Crippen LogP contribution is 2.39. The van der Waals surface area contributed by atoms with Crippen LogP contribution >= 0.6 is 0 Å². The highest BCUT2D eigenvalue weighted by Gasteiger charge is 2.38. The van der Waals surface area contributed by atoms with Gasteiger partial charge in [-0.3, -0.25) is 14.5 Å². The summed E-state index contributed by atoms with van der Waals surface area (Å²) in [6.07, 6.45) is 7.59. The molecule has 1 amide bonds. The number of benzene rings is 1. The maximum atomic E-state index is 14.0. The lowest BCUT2D eigenvalue weighted by molar-refractivity contribution is 0.0666. The lowest BCUT2D eigenvalue weighted by Gasteiger charge is -2.37. The lowest BCUT2D eigenvalue weighted by Crippen LogP contribution is -2.46. The first-order chi connectivity index (χ1) is 20.6. The second-order valence-corrected chi connectivity index (χ2v) is 17.8. The summed E-state index contributed by atoms with van der Waals surface area (Å²) in [6.45, 7) is 13.9. The number of aromatic nitrogens is 5. The summed E-state index contributed by atoms with van der Waals surface area (Å²) in [5.41, 5.74) is 5.77. The van der Waals surface area contributed by atoms with Crippen LogP contribution in [-0.4, -0.2) is 63.6 Å². The Hall–Kier alpha value is -3.89. The standard InChI is InChI=1S/C33H40N6O3Si/c1-33(2,3)43(4,5)42-19-18-38-16-17-39-31(32(38)40)29(30(37-39)28-14-15-34-22-36-28)25-9-11-26(12-10-25)41-21-23-6-13-27(35-20-23)24-7-8-24/h6,9-15,20,22,24H,7-8,16-19,21H2,1-5H3. The number of hydrogen-bond acceptors (Lipinski definition) is 7. The van der Waals surface area contributed by atoms with Crippen LogP contribution < -0.4 is 4.74 Å². The zero-order valence-electron chi connectivity index (χ0n) is 25.7. The number of pyridine rings is 1. The van der Waals surface area contributed by atoms with Gasteiger partial charge in [-0.15, -0.1) is 0 Å². The number of hydrogen-bond donors (Lipinski definition) is 0. The molecule has 0 atom stereocenters. The number of rotatable bonds is 10. The molecular formula is C33H40N6O3Si. The fourth-order valence-electron chi connectivity index (χ4n) is 5.06. The van der Waals surface area contributed by atoms with Gasteiger partial charge < -0.3 is 14.1 Å². The molecule has 0 spiro atoms. The van der Waals surface area contributed by atoms with Crippen LogP contribution in [0.4, 0.5) is 0 Å². The highest BCUT2D eigenvalue weighted by molar-refractivity contribution is 6.74. The number of ether oxygens (including phenoxy) is 1. The van der Waals surface area contributed by atoms with E-state index < -0.39 is 8.32 Å². The molecule has 4 heterocycles. The molecule has 0 saturated heterocycles. The van der Waals surface area contributed by atoms with Crippen molar-refractivity contribution in [3.8, 4) is 28.3 Å². The molecule has 1 aliphatic carbocycles. The van der Waals surface area contributed by atoms with E-state index in [0.717, 1.165) is 22.4 Å². The van der Waals surface area contributed by atoms with Crippen molar-refractivity contribution < 1.29 is 14.0 Å². The van der Waals surface area contributed by atoms with Gasteiger partial charge in [0.05, 0.1) is 18.8 Å². The summed E-state index contributed by atoms with van der Waals surface area (Å²) in [4.78, 5) is 29.0. The van der Waals surface area contributed by atoms with Crippen molar-refractivity contribution in [2.45, 2.75) is 70.8 Å². The summed E-state index contributed by atoms with van der Waals surface area (Å²) in [5, 5.41) is 4.99. The molecule has 0 radical (unpaired) electrons. The quantitative estimate of drug-likeness (QED) is 0.197. The molecule has 0 unspecified atom stereocenters. The third-order valence-electron chi connectivity index (χ3n) is 8.87. The molecule has 43 heavy (non-hydrogen) atoms. The molecule has 1 fully saturated rings. The predicted molar refractivity (Wildman–Crippen MR) is 168 cm³/mol. The normalized spacial score (nSPS) is 15.5. The fraction of sp³-hybridized carbons (Fsp3) is 0.424. The van der Waals surface area contributed by atoms with Gasteiger partial charge in [-0.25, -0.2) is 9.97 Å². The van der Waals surface area contributed by atoms with Gasteiger partial charge in [-0.1, -0.05) is 39.0 Å². The fourth-order valence-corrected chi connectivity index (χ4v) is 6.09. The second kappa shape index (κ2) is 11.7. The SMILES string of the molecule is CC(C)(C)[Si](C)(C)OCCN1CCn2nc(-c3ccncn3)c(-c3ccc(OCc4ccc(C5CC5)nc4)cc3)c2C1=O. The molecule has 9 nitrogen and oxygen atoms in total. The maximum absolute atomic E-state index is 14.0. The van der Waals surface area contributed by atoms with Crippen molar-refractivity contribution in [1.29, 1.82) is 0 Å². The van der Waals surface area contributed by atoms with E-state index in [-0.39, 0.29) is 10.9 Å². The summed E-state index contributed by atoms with van der Waals surface area (Å²) in [6, 6.07) is 13.9. The van der Waals surface area contributed by atoms with Gasteiger partial charge in [0.25, 0.3) is 5.91 Å². The topological polar surface area (TPSA) is 95.3 Å². The van der Waals surface area contributed by atoms with Crippen LogP contribution in [0.15, 0.2) is 61.2 Å². The molecule has 224 valence electrons.